The summed E-state index contributed by atoms with van der Waals surface area (Å²) in [6.45, 7) is 0.364. The van der Waals surface area contributed by atoms with Crippen LogP contribution in [-0.4, -0.2) is 51.7 Å². The van der Waals surface area contributed by atoms with Crippen LogP contribution in [-0.2, 0) is 14.4 Å². The van der Waals surface area contributed by atoms with E-state index in [1.54, 1.807) is 18.9 Å². The SMILES string of the molecule is COc1ccccc1[C@@H]1c2sc(=O)[nH]c2S[C@@H]2[C@@H]3C[C@H]([C@H]4C(=O)N(CCCCCC(=O)O)C(=O)[C@H]34)[C@H]12. The van der Waals surface area contributed by atoms with Crippen LogP contribution in [0.15, 0.2) is 34.1 Å². The van der Waals surface area contributed by atoms with Crippen LogP contribution in [0.2, 0.25) is 0 Å². The molecule has 2 saturated carbocycles. The molecule has 2 aliphatic heterocycles. The van der Waals surface area contributed by atoms with E-state index < -0.39 is 5.97 Å². The minimum atomic E-state index is -0.825. The minimum absolute atomic E-state index is 0.0599. The van der Waals surface area contributed by atoms with Crippen molar-refractivity contribution in [2.45, 2.75) is 48.3 Å². The van der Waals surface area contributed by atoms with Crippen LogP contribution in [0.3, 0.4) is 0 Å². The number of likely N-dealkylation sites (tertiary alicyclic amines) is 1. The normalized spacial score (nSPS) is 31.9. The Kier molecular flexibility index (Phi) is 5.99. The summed E-state index contributed by atoms with van der Waals surface area (Å²) in [6.07, 6.45) is 2.81. The zero-order valence-corrected chi connectivity index (χ0v) is 21.5. The summed E-state index contributed by atoms with van der Waals surface area (Å²) in [7, 11) is 1.65. The van der Waals surface area contributed by atoms with E-state index in [9.17, 15) is 19.2 Å². The second kappa shape index (κ2) is 9.06. The van der Waals surface area contributed by atoms with Gasteiger partial charge in [0.15, 0.2) is 0 Å². The Morgan fingerprint density at radius 2 is 1.86 bits per heavy atom. The highest BCUT2D eigenvalue weighted by Gasteiger charge is 2.69. The van der Waals surface area contributed by atoms with Gasteiger partial charge in [0, 0.05) is 34.6 Å². The minimum Gasteiger partial charge on any atom is -0.496 e. The number of nitrogens with zero attached hydrogens (tertiary/aromatic N) is 1. The number of hydrogen-bond acceptors (Lipinski definition) is 7. The number of para-hydroxylation sites is 1. The second-order valence-corrected chi connectivity index (χ2v) is 12.4. The number of ether oxygens (including phenoxy) is 1. The van der Waals surface area contributed by atoms with Crippen LogP contribution in [0.5, 0.6) is 5.75 Å². The molecule has 0 spiro atoms. The highest BCUT2D eigenvalue weighted by molar-refractivity contribution is 8.00. The highest BCUT2D eigenvalue weighted by atomic mass is 32.2. The fraction of sp³-hybridized carbons (Fsp3) is 0.538. The third kappa shape index (κ3) is 3.55. The number of fused-ring (bicyclic) bond motifs is 9. The van der Waals surface area contributed by atoms with Gasteiger partial charge >= 0.3 is 10.8 Å². The van der Waals surface area contributed by atoms with Crippen LogP contribution < -0.4 is 9.61 Å². The molecule has 3 heterocycles. The maximum atomic E-state index is 13.6. The first-order valence-electron chi connectivity index (χ1n) is 12.5. The standard InChI is InChI=1S/C26H28N2O6S2/c1-34-15-8-5-4-7-12(15)17-18-13-11-14(21(18)35-23-22(17)36-26(33)27-23)20-19(13)24(31)28(25(20)32)10-6-2-3-9-16(29)30/h4-5,7-8,13-14,17-21H,2-3,6,9-11H2,1H3,(H,27,33)(H,29,30)/t13-,14+,17-,18+,19+,20+,21+/m0/s1. The molecule has 36 heavy (non-hydrogen) atoms. The quantitative estimate of drug-likeness (QED) is 0.397. The number of aromatic nitrogens is 1. The van der Waals surface area contributed by atoms with E-state index in [2.05, 4.69) is 11.1 Å². The number of aliphatic carboxylic acids is 1. The molecule has 2 aliphatic carbocycles. The lowest BCUT2D eigenvalue weighted by Gasteiger charge is -2.43. The number of unbranched alkanes of at least 4 members (excludes halogenated alkanes) is 2. The predicted molar refractivity (Wildman–Crippen MR) is 134 cm³/mol. The van der Waals surface area contributed by atoms with Crippen molar-refractivity contribution in [3.05, 3.63) is 44.4 Å². The summed E-state index contributed by atoms with van der Waals surface area (Å²) < 4.78 is 5.71. The number of carbonyl (C=O) groups excluding carboxylic acids is 2. The van der Waals surface area contributed by atoms with Crippen molar-refractivity contribution < 1.29 is 24.2 Å². The van der Waals surface area contributed by atoms with Crippen LogP contribution >= 0.6 is 23.1 Å². The van der Waals surface area contributed by atoms with Gasteiger partial charge < -0.3 is 14.8 Å². The number of methoxy groups -OCH3 is 1. The van der Waals surface area contributed by atoms with Gasteiger partial charge in [-0.05, 0) is 43.1 Å². The van der Waals surface area contributed by atoms with E-state index in [0.717, 1.165) is 27.6 Å². The van der Waals surface area contributed by atoms with Crippen molar-refractivity contribution in [2.24, 2.45) is 29.6 Å². The Hall–Kier alpha value is -2.59. The summed E-state index contributed by atoms with van der Waals surface area (Å²) in [4.78, 5) is 55.6. The topological polar surface area (TPSA) is 117 Å². The molecule has 1 aromatic heterocycles. The molecule has 190 valence electrons. The van der Waals surface area contributed by atoms with Gasteiger partial charge in [0.05, 0.1) is 24.0 Å². The number of nitrogens with one attached hydrogen (secondary N) is 1. The number of rotatable bonds is 8. The number of H-pyrrole nitrogens is 1. The maximum absolute atomic E-state index is 13.6. The molecule has 2 amide bonds. The van der Waals surface area contributed by atoms with E-state index in [1.165, 1.54) is 16.2 Å². The second-order valence-electron chi connectivity index (χ2n) is 10.2. The highest BCUT2D eigenvalue weighted by Crippen LogP contribution is 2.68. The molecule has 4 aliphatic rings. The van der Waals surface area contributed by atoms with E-state index in [-0.39, 0.29) is 63.9 Å². The molecule has 3 fully saturated rings. The molecule has 7 atom stereocenters. The van der Waals surface area contributed by atoms with E-state index >= 15 is 0 Å². The van der Waals surface area contributed by atoms with Gasteiger partial charge in [-0.15, -0.1) is 11.8 Å². The molecular formula is C26H28N2O6S2. The fourth-order valence-corrected chi connectivity index (χ4v) is 10.2. The van der Waals surface area contributed by atoms with Gasteiger partial charge in [-0.25, -0.2) is 0 Å². The summed E-state index contributed by atoms with van der Waals surface area (Å²) in [6, 6.07) is 7.91. The van der Waals surface area contributed by atoms with Crippen molar-refractivity contribution in [3.63, 3.8) is 0 Å². The number of aromatic amines is 1. The molecule has 8 nitrogen and oxygen atoms in total. The fourth-order valence-electron chi connectivity index (χ4n) is 7.29. The predicted octanol–water partition coefficient (Wildman–Crippen LogP) is 3.56. The van der Waals surface area contributed by atoms with Crippen LogP contribution in [0.1, 0.15) is 48.5 Å². The number of thiazole rings is 1. The van der Waals surface area contributed by atoms with Crippen LogP contribution in [0, 0.1) is 29.6 Å². The molecule has 10 heteroatoms. The van der Waals surface area contributed by atoms with E-state index in [4.69, 9.17) is 9.84 Å². The summed E-state index contributed by atoms with van der Waals surface area (Å²) >= 11 is 2.92. The number of amides is 2. The number of thioether (sulfide) groups is 1. The first-order valence-corrected chi connectivity index (χ1v) is 14.2. The number of carbonyl (C=O) groups is 3. The van der Waals surface area contributed by atoms with Crippen molar-refractivity contribution in [1.82, 2.24) is 9.88 Å². The molecule has 6 rings (SSSR count). The lowest BCUT2D eigenvalue weighted by molar-refractivity contribution is -0.141. The van der Waals surface area contributed by atoms with Gasteiger partial charge in [0.25, 0.3) is 0 Å². The Bertz CT molecular complexity index is 1290. The van der Waals surface area contributed by atoms with E-state index in [0.29, 0.717) is 25.8 Å². The molecule has 2 bridgehead atoms. The Balaban J connectivity index is 1.31. The average Bonchev–Trinajstić information content (AvgIpc) is 3.58. The van der Waals surface area contributed by atoms with Crippen molar-refractivity contribution in [3.8, 4) is 5.75 Å². The lowest BCUT2D eigenvalue weighted by atomic mass is 9.68. The Morgan fingerprint density at radius 3 is 2.61 bits per heavy atom. The monoisotopic (exact) mass is 528 g/mol. The molecule has 2 aromatic rings. The largest absolute Gasteiger partial charge is 0.496 e. The molecular weight excluding hydrogens is 500 g/mol. The Morgan fingerprint density at radius 1 is 1.11 bits per heavy atom. The van der Waals surface area contributed by atoms with Gasteiger partial charge in [-0.2, -0.15) is 0 Å². The van der Waals surface area contributed by atoms with Gasteiger partial charge in [-0.3, -0.25) is 24.1 Å². The van der Waals surface area contributed by atoms with Crippen LogP contribution in [0.25, 0.3) is 0 Å². The first-order chi connectivity index (χ1) is 17.4. The number of carboxylic acids is 1. The number of carboxylic acid groups (broad SMARTS) is 1. The maximum Gasteiger partial charge on any atom is 0.305 e. The molecule has 1 saturated heterocycles. The average molecular weight is 529 g/mol. The summed E-state index contributed by atoms with van der Waals surface area (Å²) in [5.41, 5.74) is 1.03. The molecule has 0 radical (unpaired) electrons. The van der Waals surface area contributed by atoms with E-state index in [1.807, 2.05) is 18.2 Å². The van der Waals surface area contributed by atoms with Crippen LogP contribution in [0.4, 0.5) is 0 Å². The zero-order valence-electron chi connectivity index (χ0n) is 19.8. The lowest BCUT2D eigenvalue weighted by Crippen LogP contribution is -2.42. The smallest absolute Gasteiger partial charge is 0.305 e. The third-order valence-electron chi connectivity index (χ3n) is 8.56. The van der Waals surface area contributed by atoms with Crippen molar-refractivity contribution in [2.75, 3.05) is 13.7 Å². The number of hydrogen-bond donors (Lipinski definition) is 2. The number of imide groups is 1. The van der Waals surface area contributed by atoms with Gasteiger partial charge in [-0.1, -0.05) is 36.0 Å². The van der Waals surface area contributed by atoms with Crippen molar-refractivity contribution in [1.29, 1.82) is 0 Å². The number of benzene rings is 1. The molecule has 2 N–H and O–H groups in total. The summed E-state index contributed by atoms with van der Waals surface area (Å²) in [5.74, 6) is -0.523. The molecule has 1 aromatic carbocycles. The van der Waals surface area contributed by atoms with Crippen molar-refractivity contribution >= 4 is 40.9 Å². The molecule has 0 unspecified atom stereocenters. The van der Waals surface area contributed by atoms with Gasteiger partial charge in [0.1, 0.15) is 5.75 Å². The third-order valence-corrected chi connectivity index (χ3v) is 11.1. The summed E-state index contributed by atoms with van der Waals surface area (Å²) in [5, 5.41) is 9.87. The zero-order chi connectivity index (χ0) is 25.1. The van der Waals surface area contributed by atoms with Gasteiger partial charge in [0.2, 0.25) is 11.8 Å². The Labute approximate surface area is 216 Å². The first kappa shape index (κ1) is 23.8.